The van der Waals surface area contributed by atoms with Crippen LogP contribution in [0.4, 0.5) is 0 Å². The van der Waals surface area contributed by atoms with Crippen molar-refractivity contribution < 1.29 is 14.7 Å². The maximum Gasteiger partial charge on any atom is 0.326 e. The Morgan fingerprint density at radius 1 is 1.35 bits per heavy atom. The maximum atomic E-state index is 12.0. The first-order valence-corrected chi connectivity index (χ1v) is 6.96. The quantitative estimate of drug-likeness (QED) is 0.842. The average Bonchev–Trinajstić information content (AvgIpc) is 2.25. The van der Waals surface area contributed by atoms with Crippen molar-refractivity contribution in [2.24, 2.45) is 0 Å². The Labute approximate surface area is 107 Å². The third-order valence-electron chi connectivity index (χ3n) is 2.74. The SMILES string of the molecule is CC(C)(C)SCC(=O)N1CCCC[C@H]1C(=O)O. The van der Waals surface area contributed by atoms with Gasteiger partial charge < -0.3 is 10.0 Å². The van der Waals surface area contributed by atoms with Crippen molar-refractivity contribution in [3.8, 4) is 0 Å². The van der Waals surface area contributed by atoms with Gasteiger partial charge in [0.05, 0.1) is 5.75 Å². The van der Waals surface area contributed by atoms with Crippen LogP contribution in [-0.2, 0) is 9.59 Å². The second-order valence-electron chi connectivity index (χ2n) is 5.34. The van der Waals surface area contributed by atoms with Crippen LogP contribution in [0.15, 0.2) is 0 Å². The lowest BCUT2D eigenvalue weighted by molar-refractivity contribution is -0.150. The van der Waals surface area contributed by atoms with E-state index in [4.69, 9.17) is 5.11 Å². The Balaban J connectivity index is 2.56. The molecule has 17 heavy (non-hydrogen) atoms. The fourth-order valence-corrected chi connectivity index (χ4v) is 2.57. The number of carbonyl (C=O) groups excluding carboxylic acids is 1. The molecule has 0 aliphatic carbocycles. The van der Waals surface area contributed by atoms with Crippen LogP contribution in [0.5, 0.6) is 0 Å². The van der Waals surface area contributed by atoms with Gasteiger partial charge in [-0.25, -0.2) is 4.79 Å². The van der Waals surface area contributed by atoms with E-state index < -0.39 is 12.0 Å². The molecular weight excluding hydrogens is 238 g/mol. The lowest BCUT2D eigenvalue weighted by Gasteiger charge is -2.33. The molecule has 0 spiro atoms. The summed E-state index contributed by atoms with van der Waals surface area (Å²) in [5.41, 5.74) is 0. The van der Waals surface area contributed by atoms with E-state index >= 15 is 0 Å². The second kappa shape index (κ2) is 5.76. The molecule has 1 N–H and O–H groups in total. The van der Waals surface area contributed by atoms with E-state index in [1.807, 2.05) is 0 Å². The van der Waals surface area contributed by atoms with Gasteiger partial charge in [0.2, 0.25) is 5.91 Å². The number of carbonyl (C=O) groups is 2. The van der Waals surface area contributed by atoms with Crippen molar-refractivity contribution in [1.82, 2.24) is 4.90 Å². The molecule has 1 saturated heterocycles. The Morgan fingerprint density at radius 2 is 2.00 bits per heavy atom. The van der Waals surface area contributed by atoms with E-state index in [0.29, 0.717) is 18.7 Å². The number of likely N-dealkylation sites (tertiary alicyclic amines) is 1. The monoisotopic (exact) mass is 259 g/mol. The predicted octanol–water partition coefficient (Wildman–Crippen LogP) is 1.98. The lowest BCUT2D eigenvalue weighted by Crippen LogP contribution is -2.48. The third-order valence-corrected chi connectivity index (χ3v) is 3.99. The zero-order valence-corrected chi connectivity index (χ0v) is 11.5. The number of carboxylic acids is 1. The second-order valence-corrected chi connectivity index (χ2v) is 7.14. The molecule has 98 valence electrons. The van der Waals surface area contributed by atoms with E-state index in [1.54, 1.807) is 11.8 Å². The summed E-state index contributed by atoms with van der Waals surface area (Å²) in [6, 6.07) is -0.614. The first kappa shape index (κ1) is 14.4. The summed E-state index contributed by atoms with van der Waals surface area (Å²) in [5, 5.41) is 9.08. The van der Waals surface area contributed by atoms with Gasteiger partial charge in [-0.3, -0.25) is 4.79 Å². The number of carboxylic acid groups (broad SMARTS) is 1. The molecule has 0 radical (unpaired) electrons. The summed E-state index contributed by atoms with van der Waals surface area (Å²) in [5.74, 6) is -0.552. The van der Waals surface area contributed by atoms with Crippen molar-refractivity contribution in [3.05, 3.63) is 0 Å². The minimum Gasteiger partial charge on any atom is -0.480 e. The summed E-state index contributed by atoms with van der Waals surface area (Å²) < 4.78 is 0.0319. The lowest BCUT2D eigenvalue weighted by atomic mass is 10.0. The molecule has 1 aliphatic heterocycles. The molecule has 1 rings (SSSR count). The number of nitrogens with zero attached hydrogens (tertiary/aromatic N) is 1. The van der Waals surface area contributed by atoms with Gasteiger partial charge in [0.1, 0.15) is 6.04 Å². The van der Waals surface area contributed by atoms with Crippen LogP contribution in [0.25, 0.3) is 0 Å². The molecule has 0 aromatic heterocycles. The molecular formula is C12H21NO3S. The van der Waals surface area contributed by atoms with Crippen LogP contribution in [-0.4, -0.2) is 45.0 Å². The molecule has 1 aliphatic rings. The zero-order valence-electron chi connectivity index (χ0n) is 10.7. The van der Waals surface area contributed by atoms with E-state index in [1.165, 1.54) is 4.90 Å². The number of rotatable bonds is 3. The fourth-order valence-electron chi connectivity index (χ4n) is 1.85. The molecule has 0 saturated carbocycles. The smallest absolute Gasteiger partial charge is 0.326 e. The minimum atomic E-state index is -0.876. The summed E-state index contributed by atoms with van der Waals surface area (Å²) in [6.45, 7) is 6.74. The number of piperidine rings is 1. The Bertz CT molecular complexity index is 299. The average molecular weight is 259 g/mol. The molecule has 5 heteroatoms. The molecule has 4 nitrogen and oxygen atoms in total. The summed E-state index contributed by atoms with van der Waals surface area (Å²) in [6.07, 6.45) is 2.39. The number of aliphatic carboxylic acids is 1. The molecule has 1 heterocycles. The molecule has 0 bridgehead atoms. The number of amides is 1. The van der Waals surface area contributed by atoms with Gasteiger partial charge in [-0.05, 0) is 19.3 Å². The van der Waals surface area contributed by atoms with E-state index in [-0.39, 0.29) is 10.7 Å². The molecule has 0 aromatic rings. The fraction of sp³-hybridized carbons (Fsp3) is 0.833. The Hall–Kier alpha value is -0.710. The number of hydrogen-bond acceptors (Lipinski definition) is 3. The van der Waals surface area contributed by atoms with Crippen molar-refractivity contribution in [3.63, 3.8) is 0 Å². The van der Waals surface area contributed by atoms with Crippen molar-refractivity contribution in [2.75, 3.05) is 12.3 Å². The standard InChI is InChI=1S/C12H21NO3S/c1-12(2,3)17-8-10(14)13-7-5-4-6-9(13)11(15)16/h9H,4-8H2,1-3H3,(H,15,16)/t9-/m0/s1. The third kappa shape index (κ3) is 4.58. The summed E-state index contributed by atoms with van der Waals surface area (Å²) >= 11 is 1.56. The van der Waals surface area contributed by atoms with Gasteiger partial charge in [0.15, 0.2) is 0 Å². The van der Waals surface area contributed by atoms with Gasteiger partial charge in [-0.1, -0.05) is 20.8 Å². The topological polar surface area (TPSA) is 57.6 Å². The largest absolute Gasteiger partial charge is 0.480 e. The van der Waals surface area contributed by atoms with Crippen LogP contribution in [0.3, 0.4) is 0 Å². The highest BCUT2D eigenvalue weighted by atomic mass is 32.2. The molecule has 0 aromatic carbocycles. The first-order chi connectivity index (χ1) is 7.81. The van der Waals surface area contributed by atoms with E-state index in [9.17, 15) is 9.59 Å². The van der Waals surface area contributed by atoms with Gasteiger partial charge in [-0.15, -0.1) is 11.8 Å². The zero-order chi connectivity index (χ0) is 13.1. The van der Waals surface area contributed by atoms with Gasteiger partial charge in [0.25, 0.3) is 0 Å². The van der Waals surface area contributed by atoms with Crippen LogP contribution in [0.1, 0.15) is 40.0 Å². The van der Waals surface area contributed by atoms with Crippen LogP contribution in [0, 0.1) is 0 Å². The normalized spacial score (nSPS) is 21.4. The van der Waals surface area contributed by atoms with Gasteiger partial charge in [-0.2, -0.15) is 0 Å². The highest BCUT2D eigenvalue weighted by Crippen LogP contribution is 2.25. The van der Waals surface area contributed by atoms with Crippen LogP contribution < -0.4 is 0 Å². The minimum absolute atomic E-state index is 0.0319. The molecule has 1 amide bonds. The molecule has 1 atom stereocenters. The summed E-state index contributed by atoms with van der Waals surface area (Å²) in [4.78, 5) is 24.6. The molecule has 1 fully saturated rings. The van der Waals surface area contributed by atoms with Crippen molar-refractivity contribution >= 4 is 23.6 Å². The predicted molar refractivity (Wildman–Crippen MR) is 69.2 cm³/mol. The number of thioether (sulfide) groups is 1. The van der Waals surface area contributed by atoms with Crippen molar-refractivity contribution in [2.45, 2.75) is 50.8 Å². The van der Waals surface area contributed by atoms with Gasteiger partial charge >= 0.3 is 5.97 Å². The van der Waals surface area contributed by atoms with Gasteiger partial charge in [0, 0.05) is 11.3 Å². The highest BCUT2D eigenvalue weighted by Gasteiger charge is 2.32. The Morgan fingerprint density at radius 3 is 2.53 bits per heavy atom. The summed E-state index contributed by atoms with van der Waals surface area (Å²) in [7, 11) is 0. The van der Waals surface area contributed by atoms with E-state index in [2.05, 4.69) is 20.8 Å². The first-order valence-electron chi connectivity index (χ1n) is 5.97. The van der Waals surface area contributed by atoms with Crippen molar-refractivity contribution in [1.29, 1.82) is 0 Å². The van der Waals surface area contributed by atoms with Crippen LogP contribution in [0.2, 0.25) is 0 Å². The van der Waals surface area contributed by atoms with E-state index in [0.717, 1.165) is 12.8 Å². The molecule has 0 unspecified atom stereocenters. The highest BCUT2D eigenvalue weighted by molar-refractivity contribution is 8.01. The van der Waals surface area contributed by atoms with Crippen LogP contribution >= 0.6 is 11.8 Å². The Kier molecular flexibility index (Phi) is 4.86. The number of hydrogen-bond donors (Lipinski definition) is 1. The maximum absolute atomic E-state index is 12.0.